The van der Waals surface area contributed by atoms with E-state index in [0.717, 1.165) is 40.7 Å². The van der Waals surface area contributed by atoms with Gasteiger partial charge in [0.05, 0.1) is 40.7 Å². The molecule has 3 heterocycles. The van der Waals surface area contributed by atoms with Gasteiger partial charge in [0.1, 0.15) is 5.69 Å². The van der Waals surface area contributed by atoms with Crippen molar-refractivity contribution in [2.45, 2.75) is 50.9 Å². The number of carbonyl (C=O) groups excluding carboxylic acids is 2. The highest BCUT2D eigenvalue weighted by atomic mass is 35.5. The largest absolute Gasteiger partial charge is 0.480 e. The van der Waals surface area contributed by atoms with Crippen LogP contribution >= 0.6 is 23.2 Å². The first kappa shape index (κ1) is 33.4. The van der Waals surface area contributed by atoms with Crippen LogP contribution in [0.2, 0.25) is 10.0 Å². The zero-order valence-electron chi connectivity index (χ0n) is 26.4. The van der Waals surface area contributed by atoms with Gasteiger partial charge in [-0.15, -0.1) is 0 Å². The van der Waals surface area contributed by atoms with Gasteiger partial charge in [-0.1, -0.05) is 71.7 Å². The minimum atomic E-state index is 0.0791. The van der Waals surface area contributed by atoms with Crippen molar-refractivity contribution < 1.29 is 14.3 Å². The van der Waals surface area contributed by atoms with Crippen molar-refractivity contribution in [3.8, 4) is 45.5 Å². The minimum absolute atomic E-state index is 0.0791. The van der Waals surface area contributed by atoms with Gasteiger partial charge in [-0.25, -0.2) is 4.98 Å². The molecule has 4 N–H and O–H groups in total. The lowest BCUT2D eigenvalue weighted by atomic mass is 9.95. The minimum Gasteiger partial charge on any atom is -0.480 e. The molecule has 12 heteroatoms. The zero-order chi connectivity index (χ0) is 33.6. The van der Waals surface area contributed by atoms with Crippen LogP contribution in [0.3, 0.4) is 0 Å². The van der Waals surface area contributed by atoms with E-state index in [4.69, 9.17) is 32.9 Å². The van der Waals surface area contributed by atoms with Crippen molar-refractivity contribution in [1.82, 2.24) is 31.2 Å². The summed E-state index contributed by atoms with van der Waals surface area (Å²) < 4.78 is 5.57. The Hall–Kier alpha value is -4.53. The monoisotopic (exact) mass is 683 g/mol. The molecule has 2 saturated heterocycles. The molecule has 0 bridgehead atoms. The molecule has 6 rings (SSSR count). The van der Waals surface area contributed by atoms with Crippen molar-refractivity contribution >= 4 is 35.0 Å². The fourth-order valence-electron chi connectivity index (χ4n) is 6.12. The second-order valence-electron chi connectivity index (χ2n) is 11.9. The van der Waals surface area contributed by atoms with Gasteiger partial charge >= 0.3 is 0 Å². The summed E-state index contributed by atoms with van der Waals surface area (Å²) in [5.74, 6) is 0.543. The van der Waals surface area contributed by atoms with Gasteiger partial charge < -0.3 is 26.0 Å². The fraction of sp³-hybridized carbons (Fsp3) is 0.306. The highest BCUT2D eigenvalue weighted by Crippen LogP contribution is 2.42. The number of nitrogens with one attached hydrogen (secondary N) is 4. The van der Waals surface area contributed by atoms with Gasteiger partial charge in [0.2, 0.25) is 17.7 Å². The third-order valence-electron chi connectivity index (χ3n) is 8.67. The van der Waals surface area contributed by atoms with Gasteiger partial charge in [-0.05, 0) is 30.0 Å². The number of amides is 2. The average molecular weight is 685 g/mol. The molecular weight excluding hydrogens is 649 g/mol. The van der Waals surface area contributed by atoms with Gasteiger partial charge in [0.25, 0.3) is 0 Å². The fourth-order valence-corrected chi connectivity index (χ4v) is 6.78. The number of ether oxygens (including phenoxy) is 1. The third kappa shape index (κ3) is 7.45. The molecule has 2 atom stereocenters. The Morgan fingerprint density at radius 1 is 0.875 bits per heavy atom. The van der Waals surface area contributed by atoms with Crippen LogP contribution in [0.25, 0.3) is 33.5 Å². The van der Waals surface area contributed by atoms with Gasteiger partial charge in [0.15, 0.2) is 0 Å². The van der Waals surface area contributed by atoms with Gasteiger partial charge in [-0.3, -0.25) is 14.6 Å². The Morgan fingerprint density at radius 2 is 1.48 bits per heavy atom. The molecule has 4 aromatic rings. The Balaban J connectivity index is 1.20. The molecule has 0 unspecified atom stereocenters. The number of hydrogen-bond acceptors (Lipinski definition) is 8. The molecule has 0 aliphatic carbocycles. The number of rotatable bonds is 12. The van der Waals surface area contributed by atoms with Crippen LogP contribution < -0.4 is 26.0 Å². The third-order valence-corrected chi connectivity index (χ3v) is 9.48. The summed E-state index contributed by atoms with van der Waals surface area (Å²) in [6, 6.07) is 19.7. The van der Waals surface area contributed by atoms with E-state index in [1.54, 1.807) is 13.3 Å². The highest BCUT2D eigenvalue weighted by molar-refractivity contribution is 6.39. The molecular formula is C36H35Cl2N7O3. The predicted molar refractivity (Wildman–Crippen MR) is 185 cm³/mol. The molecule has 2 fully saturated rings. The number of carbonyl (C=O) groups is 2. The number of halogens is 2. The van der Waals surface area contributed by atoms with E-state index in [1.165, 1.54) is 0 Å². The van der Waals surface area contributed by atoms with Crippen molar-refractivity contribution in [2.75, 3.05) is 20.2 Å². The summed E-state index contributed by atoms with van der Waals surface area (Å²) in [7, 11) is 1.55. The van der Waals surface area contributed by atoms with E-state index in [-0.39, 0.29) is 23.9 Å². The molecule has 48 heavy (non-hydrogen) atoms. The molecule has 2 aliphatic rings. The lowest BCUT2D eigenvalue weighted by Crippen LogP contribution is -2.35. The molecule has 3 aromatic carbocycles. The quantitative estimate of drug-likeness (QED) is 0.156. The van der Waals surface area contributed by atoms with E-state index in [0.29, 0.717) is 77.5 Å². The maximum Gasteiger partial charge on any atom is 0.237 e. The summed E-state index contributed by atoms with van der Waals surface area (Å²) in [5.41, 5.74) is 6.35. The number of methoxy groups -OCH3 is 1. The van der Waals surface area contributed by atoms with Crippen molar-refractivity contribution in [2.24, 2.45) is 0 Å². The van der Waals surface area contributed by atoms with E-state index in [9.17, 15) is 14.9 Å². The summed E-state index contributed by atoms with van der Waals surface area (Å²) in [4.78, 5) is 32.3. The molecule has 0 saturated carbocycles. The van der Waals surface area contributed by atoms with Crippen molar-refractivity contribution in [1.29, 1.82) is 5.26 Å². The van der Waals surface area contributed by atoms with Crippen LogP contribution in [0.5, 0.6) is 5.88 Å². The van der Waals surface area contributed by atoms with E-state index >= 15 is 0 Å². The normalized spacial score (nSPS) is 17.2. The van der Waals surface area contributed by atoms with Gasteiger partial charge in [-0.2, -0.15) is 5.26 Å². The molecule has 2 aliphatic heterocycles. The second kappa shape index (κ2) is 15.1. The lowest BCUT2D eigenvalue weighted by molar-refractivity contribution is -0.120. The molecule has 1 aromatic heterocycles. The zero-order valence-corrected chi connectivity index (χ0v) is 27.9. The number of benzene rings is 3. The standard InChI is InChI=1S/C36H35Cl2N7O3/c1-48-36-31(19-41-18-25-11-13-33(47)44-25)42-20-30(45-36)29-7-3-6-28(35(29)38)27-5-2-4-26(34(27)37)21-8-9-22(23(14-21)15-39)16-40-17-24-10-12-32(46)43-24/h2-9,14,20,24-25,40-41H,10-13,16-19H2,1H3,(H,43,46)(H,44,47)/t24-,25-/m0/s1. The van der Waals surface area contributed by atoms with E-state index in [2.05, 4.69) is 32.3 Å². The van der Waals surface area contributed by atoms with Crippen LogP contribution in [-0.2, 0) is 22.7 Å². The van der Waals surface area contributed by atoms with E-state index < -0.39 is 0 Å². The summed E-state index contributed by atoms with van der Waals surface area (Å²) in [6.07, 6.45) is 4.40. The first-order valence-corrected chi connectivity index (χ1v) is 16.6. The molecule has 0 radical (unpaired) electrons. The topological polar surface area (TPSA) is 141 Å². The number of nitrogens with zero attached hydrogens (tertiary/aromatic N) is 3. The molecule has 2 amide bonds. The number of nitriles is 1. The van der Waals surface area contributed by atoms with Crippen LogP contribution in [0.1, 0.15) is 42.5 Å². The second-order valence-corrected chi connectivity index (χ2v) is 12.7. The van der Waals surface area contributed by atoms with E-state index in [1.807, 2.05) is 54.6 Å². The molecule has 10 nitrogen and oxygen atoms in total. The van der Waals surface area contributed by atoms with Crippen LogP contribution in [0.4, 0.5) is 0 Å². The van der Waals surface area contributed by atoms with Gasteiger partial charge in [0, 0.05) is 73.4 Å². The summed E-state index contributed by atoms with van der Waals surface area (Å²) in [6.45, 7) is 2.22. The van der Waals surface area contributed by atoms with Crippen LogP contribution in [0, 0.1) is 11.3 Å². The first-order valence-electron chi connectivity index (χ1n) is 15.9. The summed E-state index contributed by atoms with van der Waals surface area (Å²) >= 11 is 14.1. The number of aromatic nitrogens is 2. The molecule has 0 spiro atoms. The summed E-state index contributed by atoms with van der Waals surface area (Å²) in [5, 5.41) is 23.5. The average Bonchev–Trinajstić information content (AvgIpc) is 3.72. The predicted octanol–water partition coefficient (Wildman–Crippen LogP) is 5.40. The maximum absolute atomic E-state index is 11.5. The Kier molecular flexibility index (Phi) is 10.5. The Labute approximate surface area is 289 Å². The highest BCUT2D eigenvalue weighted by Gasteiger charge is 2.22. The SMILES string of the molecule is COc1nc(-c2cccc(-c3cccc(-c4ccc(CNC[C@@H]5CCC(=O)N5)c(C#N)c4)c3Cl)c2Cl)cnc1CNC[C@@H]1CCC(=O)N1. The Bertz CT molecular complexity index is 1890. The number of hydrogen-bond donors (Lipinski definition) is 4. The van der Waals surface area contributed by atoms with Crippen molar-refractivity contribution in [3.63, 3.8) is 0 Å². The molecule has 246 valence electrons. The lowest BCUT2D eigenvalue weighted by Gasteiger charge is -2.16. The first-order chi connectivity index (χ1) is 23.3. The van der Waals surface area contributed by atoms with Crippen LogP contribution in [-0.4, -0.2) is 54.1 Å². The van der Waals surface area contributed by atoms with Crippen molar-refractivity contribution in [3.05, 3.63) is 87.7 Å². The van der Waals surface area contributed by atoms with Crippen LogP contribution in [0.15, 0.2) is 60.8 Å². The maximum atomic E-state index is 11.5. The Morgan fingerprint density at radius 3 is 2.08 bits per heavy atom. The smallest absolute Gasteiger partial charge is 0.237 e.